The number of carbonyl (C=O) groups excluding carboxylic acids is 1. The van der Waals surface area contributed by atoms with Gasteiger partial charge < -0.3 is 9.32 Å². The lowest BCUT2D eigenvalue weighted by Gasteiger charge is -2.29. The minimum atomic E-state index is -3.10. The standard InChI is InChI=1S/C19H21Cl2NO4S/c1-12(2)19(23)22(14-7-8-27(24,25)11-14)10-15-4-6-18(26-15)16-9-13(20)3-5-17(16)21/h3-6,9,12,14H,7-8,10-11H2,1-2H3/t14-/m1/s1. The van der Waals surface area contributed by atoms with Crippen molar-refractivity contribution in [2.75, 3.05) is 11.5 Å². The summed E-state index contributed by atoms with van der Waals surface area (Å²) in [5, 5.41) is 1.05. The molecule has 8 heteroatoms. The number of nitrogens with zero attached hydrogens (tertiary/aromatic N) is 1. The SMILES string of the molecule is CC(C)C(=O)N(Cc1ccc(-c2cc(Cl)ccc2Cl)o1)[C@@H]1CCS(=O)(=O)C1. The van der Waals surface area contributed by atoms with Crippen LogP contribution in [-0.2, 0) is 21.2 Å². The van der Waals surface area contributed by atoms with Crippen LogP contribution in [0.1, 0.15) is 26.0 Å². The minimum Gasteiger partial charge on any atom is -0.459 e. The Labute approximate surface area is 169 Å². The first-order chi connectivity index (χ1) is 12.7. The van der Waals surface area contributed by atoms with Crippen LogP contribution < -0.4 is 0 Å². The zero-order valence-electron chi connectivity index (χ0n) is 15.1. The molecule has 0 unspecified atom stereocenters. The summed E-state index contributed by atoms with van der Waals surface area (Å²) >= 11 is 12.3. The molecule has 1 aliphatic heterocycles. The maximum atomic E-state index is 12.7. The molecule has 1 fully saturated rings. The Balaban J connectivity index is 1.85. The van der Waals surface area contributed by atoms with Crippen molar-refractivity contribution >= 4 is 38.9 Å². The van der Waals surface area contributed by atoms with Gasteiger partial charge in [0.15, 0.2) is 9.84 Å². The molecule has 0 aliphatic carbocycles. The predicted molar refractivity (Wildman–Crippen MR) is 107 cm³/mol. The summed E-state index contributed by atoms with van der Waals surface area (Å²) < 4.78 is 29.6. The number of rotatable bonds is 5. The van der Waals surface area contributed by atoms with Crippen LogP contribution in [0.3, 0.4) is 0 Å². The first-order valence-corrected chi connectivity index (χ1v) is 11.3. The molecule has 0 N–H and O–H groups in total. The van der Waals surface area contributed by atoms with Gasteiger partial charge in [0.05, 0.1) is 23.1 Å². The fourth-order valence-electron chi connectivity index (χ4n) is 3.20. The molecule has 1 aliphatic rings. The third-order valence-electron chi connectivity index (χ3n) is 4.61. The average Bonchev–Trinajstić information content (AvgIpc) is 3.20. The molecule has 3 rings (SSSR count). The van der Waals surface area contributed by atoms with E-state index >= 15 is 0 Å². The van der Waals surface area contributed by atoms with Gasteiger partial charge in [-0.3, -0.25) is 4.79 Å². The highest BCUT2D eigenvalue weighted by molar-refractivity contribution is 7.91. The molecule has 1 amide bonds. The molecule has 1 atom stereocenters. The van der Waals surface area contributed by atoms with Crippen molar-refractivity contribution in [3.8, 4) is 11.3 Å². The van der Waals surface area contributed by atoms with E-state index in [2.05, 4.69) is 0 Å². The van der Waals surface area contributed by atoms with Gasteiger partial charge in [0.2, 0.25) is 5.91 Å². The number of benzene rings is 1. The van der Waals surface area contributed by atoms with Gasteiger partial charge in [0.25, 0.3) is 0 Å². The minimum absolute atomic E-state index is 0.000846. The van der Waals surface area contributed by atoms with E-state index in [0.717, 1.165) is 0 Å². The van der Waals surface area contributed by atoms with Crippen LogP contribution in [0.25, 0.3) is 11.3 Å². The van der Waals surface area contributed by atoms with Crippen LogP contribution >= 0.6 is 23.2 Å². The smallest absolute Gasteiger partial charge is 0.225 e. The largest absolute Gasteiger partial charge is 0.459 e. The maximum Gasteiger partial charge on any atom is 0.225 e. The molecule has 27 heavy (non-hydrogen) atoms. The fraction of sp³-hybridized carbons (Fsp3) is 0.421. The third kappa shape index (κ3) is 4.68. The number of carbonyl (C=O) groups is 1. The molecule has 1 aromatic heterocycles. The van der Waals surface area contributed by atoms with E-state index < -0.39 is 9.84 Å². The highest BCUT2D eigenvalue weighted by atomic mass is 35.5. The lowest BCUT2D eigenvalue weighted by Crippen LogP contribution is -2.42. The Hall–Kier alpha value is -1.50. The quantitative estimate of drug-likeness (QED) is 0.704. The van der Waals surface area contributed by atoms with Crippen LogP contribution in [0.2, 0.25) is 10.0 Å². The van der Waals surface area contributed by atoms with Crippen molar-refractivity contribution in [3.63, 3.8) is 0 Å². The highest BCUT2D eigenvalue weighted by Crippen LogP contribution is 2.32. The van der Waals surface area contributed by atoms with Gasteiger partial charge in [-0.1, -0.05) is 37.0 Å². The van der Waals surface area contributed by atoms with Gasteiger partial charge in [0, 0.05) is 22.5 Å². The Morgan fingerprint density at radius 1 is 1.26 bits per heavy atom. The summed E-state index contributed by atoms with van der Waals surface area (Å²) in [6.07, 6.45) is 0.453. The molecule has 146 valence electrons. The van der Waals surface area contributed by atoms with Crippen molar-refractivity contribution in [3.05, 3.63) is 46.1 Å². The van der Waals surface area contributed by atoms with Crippen molar-refractivity contribution in [1.82, 2.24) is 4.90 Å². The normalized spacial score (nSPS) is 18.8. The van der Waals surface area contributed by atoms with Crippen LogP contribution in [0.5, 0.6) is 0 Å². The number of halogens is 2. The molecule has 1 aromatic carbocycles. The second-order valence-electron chi connectivity index (χ2n) is 7.07. The predicted octanol–water partition coefficient (Wildman–Crippen LogP) is 4.43. The van der Waals surface area contributed by atoms with Crippen molar-refractivity contribution in [1.29, 1.82) is 0 Å². The summed E-state index contributed by atoms with van der Waals surface area (Å²) in [7, 11) is -3.10. The Bertz CT molecular complexity index is 952. The van der Waals surface area contributed by atoms with Crippen molar-refractivity contribution in [2.45, 2.75) is 32.9 Å². The van der Waals surface area contributed by atoms with Gasteiger partial charge in [-0.2, -0.15) is 0 Å². The van der Waals surface area contributed by atoms with Gasteiger partial charge in [-0.05, 0) is 36.8 Å². The van der Waals surface area contributed by atoms with Gasteiger partial charge in [-0.25, -0.2) is 8.42 Å². The van der Waals surface area contributed by atoms with Crippen LogP contribution in [0.15, 0.2) is 34.7 Å². The molecule has 2 aromatic rings. The molecule has 0 bridgehead atoms. The summed E-state index contributed by atoms with van der Waals surface area (Å²) in [5.41, 5.74) is 0.667. The maximum absolute atomic E-state index is 12.7. The first-order valence-electron chi connectivity index (χ1n) is 8.71. The molecule has 2 heterocycles. The van der Waals surface area contributed by atoms with Gasteiger partial charge in [-0.15, -0.1) is 0 Å². The van der Waals surface area contributed by atoms with E-state index in [-0.39, 0.29) is 35.9 Å². The van der Waals surface area contributed by atoms with Crippen molar-refractivity contribution in [2.24, 2.45) is 5.92 Å². The zero-order chi connectivity index (χ0) is 19.8. The topological polar surface area (TPSA) is 67.6 Å². The number of hydrogen-bond donors (Lipinski definition) is 0. The molecular formula is C19H21Cl2NO4S. The number of sulfone groups is 1. The second-order valence-corrected chi connectivity index (χ2v) is 10.1. The molecule has 0 saturated carbocycles. The van der Waals surface area contributed by atoms with E-state index in [4.69, 9.17) is 27.6 Å². The molecule has 1 saturated heterocycles. The van der Waals surface area contributed by atoms with E-state index in [1.807, 2.05) is 0 Å². The zero-order valence-corrected chi connectivity index (χ0v) is 17.4. The fourth-order valence-corrected chi connectivity index (χ4v) is 5.32. The summed E-state index contributed by atoms with van der Waals surface area (Å²) in [6.45, 7) is 3.82. The highest BCUT2D eigenvalue weighted by Gasteiger charge is 2.35. The molecular weight excluding hydrogens is 409 g/mol. The Morgan fingerprint density at radius 3 is 2.63 bits per heavy atom. The van der Waals surface area contributed by atoms with E-state index in [0.29, 0.717) is 33.6 Å². The van der Waals surface area contributed by atoms with E-state index in [9.17, 15) is 13.2 Å². The Morgan fingerprint density at radius 2 is 2.00 bits per heavy atom. The summed E-state index contributed by atoms with van der Waals surface area (Å²) in [5.74, 6) is 0.911. The lowest BCUT2D eigenvalue weighted by molar-refractivity contribution is -0.137. The number of amides is 1. The van der Waals surface area contributed by atoms with Crippen LogP contribution in [0, 0.1) is 5.92 Å². The number of furan rings is 1. The van der Waals surface area contributed by atoms with Crippen LogP contribution in [0.4, 0.5) is 0 Å². The molecule has 0 radical (unpaired) electrons. The molecule has 5 nitrogen and oxygen atoms in total. The van der Waals surface area contributed by atoms with Gasteiger partial charge in [0.1, 0.15) is 11.5 Å². The first kappa shape index (κ1) is 20.2. The monoisotopic (exact) mass is 429 g/mol. The number of hydrogen-bond acceptors (Lipinski definition) is 4. The summed E-state index contributed by atoms with van der Waals surface area (Å²) in [6, 6.07) is 8.33. The van der Waals surface area contributed by atoms with E-state index in [1.54, 1.807) is 49.1 Å². The summed E-state index contributed by atoms with van der Waals surface area (Å²) in [4.78, 5) is 14.3. The molecule has 0 spiro atoms. The third-order valence-corrected chi connectivity index (χ3v) is 6.92. The lowest BCUT2D eigenvalue weighted by atomic mass is 10.1. The van der Waals surface area contributed by atoms with Gasteiger partial charge >= 0.3 is 0 Å². The van der Waals surface area contributed by atoms with Crippen molar-refractivity contribution < 1.29 is 17.6 Å². The average molecular weight is 430 g/mol. The second kappa shape index (κ2) is 7.86. The Kier molecular flexibility index (Phi) is 5.89. The van der Waals surface area contributed by atoms with Crippen LogP contribution in [-0.4, -0.2) is 36.8 Å². The van der Waals surface area contributed by atoms with E-state index in [1.165, 1.54) is 0 Å².